The van der Waals surface area contributed by atoms with Crippen molar-refractivity contribution in [3.05, 3.63) is 95.3 Å². The van der Waals surface area contributed by atoms with E-state index in [1.807, 2.05) is 61.5 Å². The summed E-state index contributed by atoms with van der Waals surface area (Å²) in [6.45, 7) is 8.27. The Morgan fingerprint density at radius 2 is 1.82 bits per heavy atom. The lowest BCUT2D eigenvalue weighted by Gasteiger charge is -2.12. The van der Waals surface area contributed by atoms with E-state index >= 15 is 0 Å². The minimum Gasteiger partial charge on any atom is -0.492 e. The van der Waals surface area contributed by atoms with Gasteiger partial charge in [-0.25, -0.2) is 4.98 Å². The number of nitrogens with zero attached hydrogens (tertiary/aromatic N) is 2. The van der Waals surface area contributed by atoms with Crippen LogP contribution in [0.1, 0.15) is 53.5 Å². The maximum atomic E-state index is 12.4. The van der Waals surface area contributed by atoms with Gasteiger partial charge < -0.3 is 14.6 Å². The van der Waals surface area contributed by atoms with Crippen molar-refractivity contribution in [3.8, 4) is 5.75 Å². The molecule has 5 heteroatoms. The van der Waals surface area contributed by atoms with Crippen LogP contribution in [0.5, 0.6) is 5.75 Å². The summed E-state index contributed by atoms with van der Waals surface area (Å²) in [7, 11) is 0. The first-order valence-electron chi connectivity index (χ1n) is 12.0. The number of para-hydroxylation sites is 2. The molecule has 1 heterocycles. The number of carbonyl (C=O) groups excluding carboxylic acids is 1. The minimum atomic E-state index is -0.0333. The summed E-state index contributed by atoms with van der Waals surface area (Å²) < 4.78 is 8.26. The molecule has 0 bridgehead atoms. The molecule has 4 rings (SSSR count). The van der Waals surface area contributed by atoms with Gasteiger partial charge in [0.25, 0.3) is 5.91 Å². The Morgan fingerprint density at radius 1 is 1.03 bits per heavy atom. The number of aryl methyl sites for hydroxylation is 2. The summed E-state index contributed by atoms with van der Waals surface area (Å²) in [5.74, 6) is 2.38. The van der Waals surface area contributed by atoms with Crippen LogP contribution in [0.4, 0.5) is 0 Å². The Labute approximate surface area is 201 Å². The van der Waals surface area contributed by atoms with Crippen molar-refractivity contribution in [2.75, 3.05) is 13.2 Å². The molecule has 0 aliphatic heterocycles. The maximum Gasteiger partial charge on any atom is 0.251 e. The van der Waals surface area contributed by atoms with Crippen molar-refractivity contribution < 1.29 is 9.53 Å². The van der Waals surface area contributed by atoms with Crippen molar-refractivity contribution in [3.63, 3.8) is 0 Å². The monoisotopic (exact) mass is 455 g/mol. The highest BCUT2D eigenvalue weighted by molar-refractivity contribution is 5.94. The highest BCUT2D eigenvalue weighted by Crippen LogP contribution is 2.20. The Balaban J connectivity index is 1.35. The molecular formula is C29H33N3O2. The van der Waals surface area contributed by atoms with Crippen LogP contribution in [0.25, 0.3) is 11.0 Å². The Hall–Kier alpha value is -3.60. The number of hydrogen-bond acceptors (Lipinski definition) is 3. The van der Waals surface area contributed by atoms with Crippen LogP contribution in [-0.2, 0) is 13.0 Å². The van der Waals surface area contributed by atoms with E-state index < -0.39 is 0 Å². The number of amides is 1. The van der Waals surface area contributed by atoms with E-state index in [9.17, 15) is 4.79 Å². The molecular weight excluding hydrogens is 422 g/mol. The van der Waals surface area contributed by atoms with Gasteiger partial charge >= 0.3 is 0 Å². The molecule has 0 aliphatic carbocycles. The molecule has 5 nitrogen and oxygen atoms in total. The average molecular weight is 456 g/mol. The van der Waals surface area contributed by atoms with Gasteiger partial charge in [0, 0.05) is 18.5 Å². The third kappa shape index (κ3) is 5.84. The van der Waals surface area contributed by atoms with Gasteiger partial charge in [-0.2, -0.15) is 0 Å². The number of carbonyl (C=O) groups is 1. The third-order valence-electron chi connectivity index (χ3n) is 6.01. The van der Waals surface area contributed by atoms with Gasteiger partial charge in [0.2, 0.25) is 0 Å². The predicted octanol–water partition coefficient (Wildman–Crippen LogP) is 5.91. The zero-order valence-electron chi connectivity index (χ0n) is 20.3. The van der Waals surface area contributed by atoms with E-state index in [1.165, 1.54) is 5.56 Å². The second-order valence-electron chi connectivity index (χ2n) is 8.97. The van der Waals surface area contributed by atoms with E-state index in [4.69, 9.17) is 9.72 Å². The first-order chi connectivity index (χ1) is 16.5. The average Bonchev–Trinajstić information content (AvgIpc) is 3.19. The molecule has 176 valence electrons. The van der Waals surface area contributed by atoms with E-state index in [0.29, 0.717) is 24.6 Å². The topological polar surface area (TPSA) is 56.2 Å². The van der Waals surface area contributed by atoms with Crippen molar-refractivity contribution in [2.24, 2.45) is 0 Å². The molecule has 1 amide bonds. The van der Waals surface area contributed by atoms with Crippen LogP contribution in [0.15, 0.2) is 72.8 Å². The number of ether oxygens (including phenoxy) is 1. The van der Waals surface area contributed by atoms with Crippen LogP contribution < -0.4 is 10.1 Å². The minimum absolute atomic E-state index is 0.0333. The third-order valence-corrected chi connectivity index (χ3v) is 6.01. The lowest BCUT2D eigenvalue weighted by molar-refractivity contribution is 0.0953. The van der Waals surface area contributed by atoms with Gasteiger partial charge in [0.05, 0.1) is 17.6 Å². The standard InChI is InChI=1S/C29H33N3O2/c1-21(2)23-13-15-25(16-14-23)34-19-18-32-27-11-5-4-10-26(27)31-28(32)12-7-17-30-29(33)24-9-6-8-22(3)20-24/h4-6,8-11,13-16,20-21H,7,12,17-19H2,1-3H3,(H,30,33). The molecule has 34 heavy (non-hydrogen) atoms. The second kappa shape index (κ2) is 11.0. The number of aromatic nitrogens is 2. The molecule has 0 radical (unpaired) electrons. The van der Waals surface area contributed by atoms with E-state index in [2.05, 4.69) is 41.9 Å². The molecule has 4 aromatic rings. The maximum absolute atomic E-state index is 12.4. The molecule has 0 atom stereocenters. The normalized spacial score (nSPS) is 11.2. The van der Waals surface area contributed by atoms with Crippen LogP contribution in [0.2, 0.25) is 0 Å². The van der Waals surface area contributed by atoms with E-state index in [1.54, 1.807) is 0 Å². The summed E-state index contributed by atoms with van der Waals surface area (Å²) >= 11 is 0. The highest BCUT2D eigenvalue weighted by Gasteiger charge is 2.11. The Kier molecular flexibility index (Phi) is 7.63. The Morgan fingerprint density at radius 3 is 2.59 bits per heavy atom. The van der Waals surface area contributed by atoms with Gasteiger partial charge in [-0.05, 0) is 61.2 Å². The summed E-state index contributed by atoms with van der Waals surface area (Å²) in [6, 6.07) is 24.2. The summed E-state index contributed by atoms with van der Waals surface area (Å²) in [5.41, 5.74) is 5.19. The summed E-state index contributed by atoms with van der Waals surface area (Å²) in [5, 5.41) is 3.03. The lowest BCUT2D eigenvalue weighted by atomic mass is 10.0. The van der Waals surface area contributed by atoms with Gasteiger partial charge in [0.15, 0.2) is 0 Å². The zero-order chi connectivity index (χ0) is 23.9. The van der Waals surface area contributed by atoms with Crippen molar-refractivity contribution in [2.45, 2.75) is 46.1 Å². The van der Waals surface area contributed by atoms with Crippen molar-refractivity contribution >= 4 is 16.9 Å². The lowest BCUT2D eigenvalue weighted by Crippen LogP contribution is -2.25. The molecule has 1 aromatic heterocycles. The molecule has 0 saturated heterocycles. The SMILES string of the molecule is Cc1cccc(C(=O)NCCCc2nc3ccccc3n2CCOc2ccc(C(C)C)cc2)c1. The molecule has 1 N–H and O–H groups in total. The second-order valence-corrected chi connectivity index (χ2v) is 8.97. The van der Waals surface area contributed by atoms with E-state index in [0.717, 1.165) is 47.6 Å². The zero-order valence-corrected chi connectivity index (χ0v) is 20.3. The largest absolute Gasteiger partial charge is 0.492 e. The number of benzene rings is 3. The van der Waals surface area contributed by atoms with Crippen LogP contribution in [0, 0.1) is 6.92 Å². The van der Waals surface area contributed by atoms with Gasteiger partial charge in [-0.1, -0.05) is 55.8 Å². The summed E-state index contributed by atoms with van der Waals surface area (Å²) in [4.78, 5) is 17.3. The fourth-order valence-electron chi connectivity index (χ4n) is 4.11. The predicted molar refractivity (Wildman–Crippen MR) is 138 cm³/mol. The fourth-order valence-corrected chi connectivity index (χ4v) is 4.11. The molecule has 3 aromatic carbocycles. The number of imidazole rings is 1. The number of hydrogen-bond donors (Lipinski definition) is 1. The summed E-state index contributed by atoms with van der Waals surface area (Å²) in [6.07, 6.45) is 1.60. The highest BCUT2D eigenvalue weighted by atomic mass is 16.5. The number of fused-ring (bicyclic) bond motifs is 1. The fraction of sp³-hybridized carbons (Fsp3) is 0.310. The quantitative estimate of drug-likeness (QED) is 0.303. The number of nitrogens with one attached hydrogen (secondary N) is 1. The van der Waals surface area contributed by atoms with Gasteiger partial charge in [-0.15, -0.1) is 0 Å². The van der Waals surface area contributed by atoms with Crippen molar-refractivity contribution in [1.29, 1.82) is 0 Å². The Bertz CT molecular complexity index is 1240. The van der Waals surface area contributed by atoms with Gasteiger partial charge in [0.1, 0.15) is 18.2 Å². The molecule has 0 saturated carbocycles. The molecule has 0 aliphatic rings. The first-order valence-corrected chi connectivity index (χ1v) is 12.0. The van der Waals surface area contributed by atoms with Crippen LogP contribution >= 0.6 is 0 Å². The van der Waals surface area contributed by atoms with Crippen LogP contribution in [0.3, 0.4) is 0 Å². The van der Waals surface area contributed by atoms with Gasteiger partial charge in [-0.3, -0.25) is 4.79 Å². The molecule has 0 spiro atoms. The smallest absolute Gasteiger partial charge is 0.251 e. The van der Waals surface area contributed by atoms with E-state index in [-0.39, 0.29) is 5.91 Å². The number of rotatable bonds is 10. The van der Waals surface area contributed by atoms with Crippen molar-refractivity contribution in [1.82, 2.24) is 14.9 Å². The molecule has 0 unspecified atom stereocenters. The first kappa shape index (κ1) is 23.6. The van der Waals surface area contributed by atoms with Crippen LogP contribution in [-0.4, -0.2) is 28.6 Å². The molecule has 0 fully saturated rings.